The van der Waals surface area contributed by atoms with E-state index in [0.717, 1.165) is 16.8 Å². The number of rotatable bonds is 8. The fraction of sp³-hybridized carbons (Fsp3) is 0.423. The van der Waals surface area contributed by atoms with E-state index in [1.165, 1.54) is 0 Å². The first-order chi connectivity index (χ1) is 15.5. The van der Waals surface area contributed by atoms with Crippen LogP contribution in [0.1, 0.15) is 44.2 Å². The highest BCUT2D eigenvalue weighted by Crippen LogP contribution is 2.23. The summed E-state index contributed by atoms with van der Waals surface area (Å²) in [6, 6.07) is 17.5. The number of hydrogen-bond donors (Lipinski definition) is 0. The number of carbonyl (C=O) groups excluding carboxylic acids is 3. The number of ether oxygens (including phenoxy) is 1. The number of carbonyl (C=O) groups is 3. The SMILES string of the molecule is CCOC(=O)C1CCN(C(=O)Cc2cccc(N(Cc3ccccc3)C(=O)CC)c2)CC1. The summed E-state index contributed by atoms with van der Waals surface area (Å²) in [6.45, 7) is 5.67. The zero-order chi connectivity index (χ0) is 22.9. The topological polar surface area (TPSA) is 66.9 Å². The molecular formula is C26H32N2O4. The number of anilines is 1. The number of esters is 1. The largest absolute Gasteiger partial charge is 0.466 e. The summed E-state index contributed by atoms with van der Waals surface area (Å²) in [5, 5.41) is 0. The van der Waals surface area contributed by atoms with Crippen LogP contribution in [0.4, 0.5) is 5.69 Å². The summed E-state index contributed by atoms with van der Waals surface area (Å²) < 4.78 is 5.10. The van der Waals surface area contributed by atoms with Crippen LogP contribution in [0, 0.1) is 5.92 Å². The van der Waals surface area contributed by atoms with Crippen molar-refractivity contribution in [2.45, 2.75) is 46.1 Å². The molecule has 2 aromatic carbocycles. The highest BCUT2D eigenvalue weighted by atomic mass is 16.5. The number of piperidine rings is 1. The predicted molar refractivity (Wildman–Crippen MR) is 124 cm³/mol. The predicted octanol–water partition coefficient (Wildman–Crippen LogP) is 3.97. The fourth-order valence-corrected chi connectivity index (χ4v) is 4.03. The lowest BCUT2D eigenvalue weighted by Crippen LogP contribution is -2.41. The third-order valence-corrected chi connectivity index (χ3v) is 5.83. The molecule has 2 amide bonds. The smallest absolute Gasteiger partial charge is 0.309 e. The summed E-state index contributed by atoms with van der Waals surface area (Å²) in [6.07, 6.45) is 1.96. The van der Waals surface area contributed by atoms with Gasteiger partial charge in [-0.3, -0.25) is 14.4 Å². The third kappa shape index (κ3) is 6.19. The van der Waals surface area contributed by atoms with E-state index in [2.05, 4.69) is 0 Å². The second-order valence-corrected chi connectivity index (χ2v) is 8.07. The Morgan fingerprint density at radius 2 is 1.66 bits per heavy atom. The molecular weight excluding hydrogens is 404 g/mol. The molecule has 1 aliphatic heterocycles. The van der Waals surface area contributed by atoms with Gasteiger partial charge < -0.3 is 14.5 Å². The normalized spacial score (nSPS) is 14.1. The van der Waals surface area contributed by atoms with Crippen LogP contribution in [0.3, 0.4) is 0 Å². The van der Waals surface area contributed by atoms with Gasteiger partial charge in [-0.05, 0) is 43.0 Å². The number of hydrogen-bond acceptors (Lipinski definition) is 4. The van der Waals surface area contributed by atoms with Gasteiger partial charge in [0.15, 0.2) is 0 Å². The Bertz CT molecular complexity index is 920. The van der Waals surface area contributed by atoms with Gasteiger partial charge in [0.05, 0.1) is 25.5 Å². The van der Waals surface area contributed by atoms with E-state index in [1.807, 2.05) is 66.4 Å². The lowest BCUT2D eigenvalue weighted by Gasteiger charge is -2.31. The van der Waals surface area contributed by atoms with E-state index in [1.54, 1.807) is 11.8 Å². The molecule has 1 heterocycles. The van der Waals surface area contributed by atoms with Gasteiger partial charge in [-0.25, -0.2) is 0 Å². The monoisotopic (exact) mass is 436 g/mol. The maximum atomic E-state index is 12.9. The molecule has 6 heteroatoms. The molecule has 1 fully saturated rings. The summed E-state index contributed by atoms with van der Waals surface area (Å²) >= 11 is 0. The Labute approximate surface area is 190 Å². The van der Waals surface area contributed by atoms with Crippen LogP contribution in [0.25, 0.3) is 0 Å². The van der Waals surface area contributed by atoms with Crippen molar-refractivity contribution in [1.29, 1.82) is 0 Å². The highest BCUT2D eigenvalue weighted by molar-refractivity contribution is 5.93. The number of nitrogens with zero attached hydrogens (tertiary/aromatic N) is 2. The molecule has 0 spiro atoms. The van der Waals surface area contributed by atoms with Gasteiger partial charge in [-0.15, -0.1) is 0 Å². The first kappa shape index (κ1) is 23.5. The quantitative estimate of drug-likeness (QED) is 0.587. The van der Waals surface area contributed by atoms with Crippen molar-refractivity contribution in [1.82, 2.24) is 4.90 Å². The molecule has 0 aliphatic carbocycles. The van der Waals surface area contributed by atoms with E-state index >= 15 is 0 Å². The number of likely N-dealkylation sites (tertiary alicyclic amines) is 1. The van der Waals surface area contributed by atoms with Gasteiger partial charge in [0.1, 0.15) is 0 Å². The number of amides is 2. The average molecular weight is 437 g/mol. The van der Waals surface area contributed by atoms with E-state index in [-0.39, 0.29) is 30.1 Å². The summed E-state index contributed by atoms with van der Waals surface area (Å²) in [5.41, 5.74) is 2.73. The summed E-state index contributed by atoms with van der Waals surface area (Å²) in [7, 11) is 0. The molecule has 0 saturated carbocycles. The van der Waals surface area contributed by atoms with Gasteiger partial charge in [0, 0.05) is 25.2 Å². The van der Waals surface area contributed by atoms with Crippen molar-refractivity contribution in [3.05, 3.63) is 65.7 Å². The van der Waals surface area contributed by atoms with Gasteiger partial charge in [-0.2, -0.15) is 0 Å². The first-order valence-electron chi connectivity index (χ1n) is 11.4. The maximum Gasteiger partial charge on any atom is 0.309 e. The molecule has 3 rings (SSSR count). The van der Waals surface area contributed by atoms with Gasteiger partial charge >= 0.3 is 5.97 Å². The molecule has 0 aromatic heterocycles. The second-order valence-electron chi connectivity index (χ2n) is 8.07. The van der Waals surface area contributed by atoms with E-state index in [9.17, 15) is 14.4 Å². The second kappa shape index (κ2) is 11.5. The highest BCUT2D eigenvalue weighted by Gasteiger charge is 2.28. The molecule has 2 aromatic rings. The maximum absolute atomic E-state index is 12.9. The number of benzene rings is 2. The fourth-order valence-electron chi connectivity index (χ4n) is 4.03. The molecule has 0 unspecified atom stereocenters. The van der Waals surface area contributed by atoms with Gasteiger partial charge in [-0.1, -0.05) is 49.4 Å². The van der Waals surface area contributed by atoms with Crippen molar-refractivity contribution >= 4 is 23.5 Å². The Morgan fingerprint density at radius 1 is 0.969 bits per heavy atom. The first-order valence-corrected chi connectivity index (χ1v) is 11.4. The molecule has 170 valence electrons. The van der Waals surface area contributed by atoms with Crippen LogP contribution in [-0.4, -0.2) is 42.4 Å². The molecule has 0 atom stereocenters. The molecule has 32 heavy (non-hydrogen) atoms. The Kier molecular flexibility index (Phi) is 8.42. The molecule has 0 radical (unpaired) electrons. The molecule has 1 aliphatic rings. The Hall–Kier alpha value is -3.15. The van der Waals surface area contributed by atoms with E-state index in [4.69, 9.17) is 4.74 Å². The Morgan fingerprint density at radius 3 is 2.31 bits per heavy atom. The minimum atomic E-state index is -0.161. The van der Waals surface area contributed by atoms with Crippen LogP contribution in [0.5, 0.6) is 0 Å². The summed E-state index contributed by atoms with van der Waals surface area (Å²) in [4.78, 5) is 41.0. The minimum absolute atomic E-state index is 0.0402. The zero-order valence-corrected chi connectivity index (χ0v) is 19.0. The van der Waals surface area contributed by atoms with E-state index in [0.29, 0.717) is 45.5 Å². The van der Waals surface area contributed by atoms with Crippen molar-refractivity contribution in [2.75, 3.05) is 24.6 Å². The van der Waals surface area contributed by atoms with Crippen LogP contribution in [0.2, 0.25) is 0 Å². The average Bonchev–Trinajstić information content (AvgIpc) is 2.83. The molecule has 0 bridgehead atoms. The van der Waals surface area contributed by atoms with Crippen LogP contribution < -0.4 is 4.90 Å². The van der Waals surface area contributed by atoms with Crippen molar-refractivity contribution in [3.63, 3.8) is 0 Å². The van der Waals surface area contributed by atoms with Gasteiger partial charge in [0.2, 0.25) is 11.8 Å². The lowest BCUT2D eigenvalue weighted by molar-refractivity contribution is -0.151. The van der Waals surface area contributed by atoms with Crippen molar-refractivity contribution in [3.8, 4) is 0 Å². The van der Waals surface area contributed by atoms with Crippen LogP contribution in [-0.2, 0) is 32.1 Å². The standard InChI is InChI=1S/C26H32N2O4/c1-3-24(29)28(19-20-9-6-5-7-10-20)23-12-8-11-21(17-23)18-25(30)27-15-13-22(14-16-27)26(31)32-4-2/h5-12,17,22H,3-4,13-16,18-19H2,1-2H3. The summed E-state index contributed by atoms with van der Waals surface area (Å²) in [5.74, 6) is -0.195. The van der Waals surface area contributed by atoms with E-state index < -0.39 is 0 Å². The Balaban J connectivity index is 1.65. The minimum Gasteiger partial charge on any atom is -0.466 e. The molecule has 0 N–H and O–H groups in total. The van der Waals surface area contributed by atoms with Crippen molar-refractivity contribution in [2.24, 2.45) is 5.92 Å². The van der Waals surface area contributed by atoms with Gasteiger partial charge in [0.25, 0.3) is 0 Å². The third-order valence-electron chi connectivity index (χ3n) is 5.83. The zero-order valence-electron chi connectivity index (χ0n) is 19.0. The molecule has 6 nitrogen and oxygen atoms in total. The van der Waals surface area contributed by atoms with Crippen molar-refractivity contribution < 1.29 is 19.1 Å². The van der Waals surface area contributed by atoms with Crippen LogP contribution in [0.15, 0.2) is 54.6 Å². The van der Waals surface area contributed by atoms with Crippen LogP contribution >= 0.6 is 0 Å². The lowest BCUT2D eigenvalue weighted by atomic mass is 9.96. The molecule has 1 saturated heterocycles.